The first-order valence-electron chi connectivity index (χ1n) is 11.3. The van der Waals surface area contributed by atoms with E-state index in [4.69, 9.17) is 16.3 Å². The molecule has 2 heterocycles. The molecule has 0 spiro atoms. The monoisotopic (exact) mass is 500 g/mol. The van der Waals surface area contributed by atoms with Gasteiger partial charge in [-0.25, -0.2) is 4.39 Å². The molecule has 1 aliphatic heterocycles. The number of ether oxygens (including phenoxy) is 1. The molecule has 2 aromatic carbocycles. The lowest BCUT2D eigenvalue weighted by Crippen LogP contribution is -2.48. The average molecular weight is 501 g/mol. The molecule has 1 aliphatic rings. The summed E-state index contributed by atoms with van der Waals surface area (Å²) >= 11 is 7.89. The van der Waals surface area contributed by atoms with Gasteiger partial charge in [0.25, 0.3) is 5.91 Å². The van der Waals surface area contributed by atoms with Gasteiger partial charge in [0.05, 0.1) is 16.6 Å². The minimum absolute atomic E-state index is 0.0619. The van der Waals surface area contributed by atoms with Gasteiger partial charge in [-0.1, -0.05) is 42.8 Å². The average Bonchev–Trinajstić information content (AvgIpc) is 3.32. The molecular formula is C26H26ClFN2O3S. The number of para-hydroxylation sites is 1. The number of nitrogens with zero attached hydrogens (tertiary/aromatic N) is 2. The zero-order chi connectivity index (χ0) is 24.1. The molecule has 34 heavy (non-hydrogen) atoms. The van der Waals surface area contributed by atoms with E-state index in [1.165, 1.54) is 10.9 Å². The summed E-state index contributed by atoms with van der Waals surface area (Å²) in [6.07, 6.45) is 1.44. The van der Waals surface area contributed by atoms with E-state index in [-0.39, 0.29) is 36.8 Å². The molecule has 0 radical (unpaired) electrons. The van der Waals surface area contributed by atoms with Crippen molar-refractivity contribution in [1.29, 1.82) is 0 Å². The van der Waals surface area contributed by atoms with E-state index in [0.29, 0.717) is 30.1 Å². The normalized spacial score (nSPS) is 15.0. The SMILES string of the molecule is CCCN(CC(=O)N1CCc2sccc2[C@@H]1COc1ccccc1F)C(=O)c1ccccc1Cl. The third-order valence-corrected chi connectivity index (χ3v) is 7.19. The van der Waals surface area contributed by atoms with E-state index in [9.17, 15) is 14.0 Å². The molecule has 2 amide bonds. The van der Waals surface area contributed by atoms with Gasteiger partial charge in [0, 0.05) is 18.0 Å². The number of thiophene rings is 1. The van der Waals surface area contributed by atoms with E-state index in [1.54, 1.807) is 63.6 Å². The summed E-state index contributed by atoms with van der Waals surface area (Å²) in [5, 5.41) is 2.36. The molecule has 0 saturated heterocycles. The van der Waals surface area contributed by atoms with Gasteiger partial charge in [-0.15, -0.1) is 11.3 Å². The molecule has 1 atom stereocenters. The van der Waals surface area contributed by atoms with Crippen molar-refractivity contribution in [2.24, 2.45) is 0 Å². The van der Waals surface area contributed by atoms with Gasteiger partial charge in [0.2, 0.25) is 5.91 Å². The summed E-state index contributed by atoms with van der Waals surface area (Å²) in [7, 11) is 0. The number of benzene rings is 2. The van der Waals surface area contributed by atoms with E-state index in [0.717, 1.165) is 12.0 Å². The summed E-state index contributed by atoms with van der Waals surface area (Å²) in [5.74, 6) is -0.735. The first-order valence-corrected chi connectivity index (χ1v) is 12.5. The Balaban J connectivity index is 1.54. The maximum atomic E-state index is 14.1. The van der Waals surface area contributed by atoms with E-state index < -0.39 is 5.82 Å². The van der Waals surface area contributed by atoms with Gasteiger partial charge in [0.1, 0.15) is 13.2 Å². The van der Waals surface area contributed by atoms with Gasteiger partial charge < -0.3 is 14.5 Å². The van der Waals surface area contributed by atoms with Gasteiger partial charge in [-0.05, 0) is 54.1 Å². The fourth-order valence-electron chi connectivity index (χ4n) is 4.19. The molecule has 0 bridgehead atoms. The van der Waals surface area contributed by atoms with Gasteiger partial charge in [0.15, 0.2) is 11.6 Å². The molecular weight excluding hydrogens is 475 g/mol. The molecule has 178 valence electrons. The number of hydrogen-bond acceptors (Lipinski definition) is 4. The number of rotatable bonds is 8. The van der Waals surface area contributed by atoms with Crippen LogP contribution in [0.15, 0.2) is 60.0 Å². The second-order valence-corrected chi connectivity index (χ2v) is 9.51. The second kappa shape index (κ2) is 11.0. The summed E-state index contributed by atoms with van der Waals surface area (Å²) in [5.41, 5.74) is 1.39. The standard InChI is InChI=1S/C26H26ClFN2O3S/c1-2-13-29(26(32)18-7-3-4-8-20(18)27)16-25(31)30-14-11-24-19(12-15-34-24)22(30)17-33-23-10-6-5-9-21(23)28/h3-10,12,15,22H,2,11,13-14,16-17H2,1H3/t22-/m0/s1. The quantitative estimate of drug-likeness (QED) is 0.404. The molecule has 0 fully saturated rings. The summed E-state index contributed by atoms with van der Waals surface area (Å²) < 4.78 is 19.9. The van der Waals surface area contributed by atoms with Crippen molar-refractivity contribution in [3.63, 3.8) is 0 Å². The van der Waals surface area contributed by atoms with Crippen molar-refractivity contribution in [3.8, 4) is 5.75 Å². The third-order valence-electron chi connectivity index (χ3n) is 5.86. The predicted octanol–water partition coefficient (Wildman–Crippen LogP) is 5.60. The smallest absolute Gasteiger partial charge is 0.255 e. The van der Waals surface area contributed by atoms with E-state index in [1.807, 2.05) is 18.4 Å². The molecule has 0 N–H and O–H groups in total. The van der Waals surface area contributed by atoms with Gasteiger partial charge in [-0.2, -0.15) is 0 Å². The maximum Gasteiger partial charge on any atom is 0.255 e. The lowest BCUT2D eigenvalue weighted by atomic mass is 10.0. The van der Waals surface area contributed by atoms with Crippen LogP contribution in [-0.4, -0.2) is 47.9 Å². The number of carbonyl (C=O) groups excluding carboxylic acids is 2. The van der Waals surface area contributed by atoms with Crippen LogP contribution in [0.5, 0.6) is 5.75 Å². The summed E-state index contributed by atoms with van der Waals surface area (Å²) in [6.45, 7) is 2.97. The zero-order valence-corrected chi connectivity index (χ0v) is 20.4. The van der Waals surface area contributed by atoms with Crippen LogP contribution in [0, 0.1) is 5.82 Å². The van der Waals surface area contributed by atoms with Crippen LogP contribution < -0.4 is 4.74 Å². The second-order valence-electron chi connectivity index (χ2n) is 8.10. The Hall–Kier alpha value is -2.90. The third kappa shape index (κ3) is 5.26. The van der Waals surface area contributed by atoms with Crippen molar-refractivity contribution in [2.45, 2.75) is 25.8 Å². The van der Waals surface area contributed by atoms with Gasteiger partial charge >= 0.3 is 0 Å². The fraction of sp³-hybridized carbons (Fsp3) is 0.308. The highest BCUT2D eigenvalue weighted by Gasteiger charge is 2.34. The van der Waals surface area contributed by atoms with Crippen LogP contribution in [0.1, 0.15) is 40.2 Å². The van der Waals surface area contributed by atoms with Crippen molar-refractivity contribution in [2.75, 3.05) is 26.2 Å². The number of hydrogen-bond donors (Lipinski definition) is 0. The Bertz CT molecular complexity index is 1170. The van der Waals surface area contributed by atoms with Crippen LogP contribution in [0.3, 0.4) is 0 Å². The number of fused-ring (bicyclic) bond motifs is 1. The van der Waals surface area contributed by atoms with Crippen molar-refractivity contribution in [3.05, 3.63) is 86.8 Å². The summed E-state index contributed by atoms with van der Waals surface area (Å²) in [6, 6.07) is 14.7. The highest BCUT2D eigenvalue weighted by Crippen LogP contribution is 2.34. The van der Waals surface area contributed by atoms with Crippen molar-refractivity contribution in [1.82, 2.24) is 9.80 Å². The summed E-state index contributed by atoms with van der Waals surface area (Å²) in [4.78, 5) is 31.2. The fourth-order valence-corrected chi connectivity index (χ4v) is 5.33. The molecule has 1 aromatic heterocycles. The largest absolute Gasteiger partial charge is 0.488 e. The topological polar surface area (TPSA) is 49.9 Å². The molecule has 8 heteroatoms. The minimum atomic E-state index is -0.443. The molecule has 4 rings (SSSR count). The zero-order valence-electron chi connectivity index (χ0n) is 18.9. The lowest BCUT2D eigenvalue weighted by molar-refractivity contribution is -0.135. The molecule has 0 unspecified atom stereocenters. The first kappa shape index (κ1) is 24.2. The van der Waals surface area contributed by atoms with E-state index >= 15 is 0 Å². The Morgan fingerprint density at radius 3 is 2.71 bits per heavy atom. The number of amides is 2. The molecule has 3 aromatic rings. The van der Waals surface area contributed by atoms with Crippen molar-refractivity contribution >= 4 is 34.8 Å². The molecule has 0 aliphatic carbocycles. The van der Waals surface area contributed by atoms with E-state index in [2.05, 4.69) is 0 Å². The van der Waals surface area contributed by atoms with Crippen LogP contribution >= 0.6 is 22.9 Å². The maximum absolute atomic E-state index is 14.1. The van der Waals surface area contributed by atoms with Gasteiger partial charge in [-0.3, -0.25) is 9.59 Å². The lowest BCUT2D eigenvalue weighted by Gasteiger charge is -2.37. The Labute approximate surface area is 207 Å². The highest BCUT2D eigenvalue weighted by molar-refractivity contribution is 7.10. The number of halogens is 2. The predicted molar refractivity (Wildman–Crippen MR) is 132 cm³/mol. The Morgan fingerprint density at radius 2 is 1.94 bits per heavy atom. The van der Waals surface area contributed by atoms with Crippen LogP contribution in [0.25, 0.3) is 0 Å². The van der Waals surface area contributed by atoms with Crippen LogP contribution in [-0.2, 0) is 11.2 Å². The first-order chi connectivity index (χ1) is 16.5. The minimum Gasteiger partial charge on any atom is -0.488 e. The highest BCUT2D eigenvalue weighted by atomic mass is 35.5. The Kier molecular flexibility index (Phi) is 7.85. The Morgan fingerprint density at radius 1 is 1.18 bits per heavy atom. The van der Waals surface area contributed by atoms with Crippen LogP contribution in [0.2, 0.25) is 5.02 Å². The number of carbonyl (C=O) groups is 2. The van der Waals surface area contributed by atoms with Crippen LogP contribution in [0.4, 0.5) is 4.39 Å². The molecule has 0 saturated carbocycles. The van der Waals surface area contributed by atoms with Crippen molar-refractivity contribution < 1.29 is 18.7 Å². The molecule has 5 nitrogen and oxygen atoms in total.